The summed E-state index contributed by atoms with van der Waals surface area (Å²) < 4.78 is 25.4. The molecular formula is C34H45FN4O4. The molecular weight excluding hydrogens is 547 g/mol. The fourth-order valence-corrected chi connectivity index (χ4v) is 5.35. The van der Waals surface area contributed by atoms with E-state index < -0.39 is 17.7 Å². The Bertz CT molecular complexity index is 1430. The van der Waals surface area contributed by atoms with Gasteiger partial charge in [0.25, 0.3) is 0 Å². The second kappa shape index (κ2) is 12.9. The van der Waals surface area contributed by atoms with Crippen LogP contribution in [0.15, 0.2) is 42.7 Å². The number of pyridine rings is 2. The highest BCUT2D eigenvalue weighted by Gasteiger charge is 2.35. The number of aromatic nitrogens is 2. The summed E-state index contributed by atoms with van der Waals surface area (Å²) in [5.74, 6) is 0.104. The topological polar surface area (TPSA) is 88.0 Å². The van der Waals surface area contributed by atoms with E-state index in [0.717, 1.165) is 54.1 Å². The van der Waals surface area contributed by atoms with E-state index in [-0.39, 0.29) is 11.2 Å². The van der Waals surface area contributed by atoms with Crippen LogP contribution >= 0.6 is 0 Å². The lowest BCUT2D eigenvalue weighted by Gasteiger charge is -2.41. The number of benzene rings is 1. The number of rotatable bonds is 10. The summed E-state index contributed by atoms with van der Waals surface area (Å²) in [4.78, 5) is 26.3. The van der Waals surface area contributed by atoms with Gasteiger partial charge in [0, 0.05) is 54.9 Å². The van der Waals surface area contributed by atoms with Crippen molar-refractivity contribution in [3.05, 3.63) is 65.4 Å². The van der Waals surface area contributed by atoms with Crippen molar-refractivity contribution in [2.75, 3.05) is 43.1 Å². The van der Waals surface area contributed by atoms with Crippen molar-refractivity contribution in [3.63, 3.8) is 0 Å². The highest BCUT2D eigenvalue weighted by atomic mass is 19.1. The molecule has 1 aliphatic rings. The molecule has 1 unspecified atom stereocenters. The molecule has 0 saturated carbocycles. The van der Waals surface area contributed by atoms with Crippen LogP contribution in [0.2, 0.25) is 0 Å². The summed E-state index contributed by atoms with van der Waals surface area (Å²) in [6.07, 6.45) is 4.45. The maximum atomic E-state index is 13.4. The SMILES string of the molecule is Cc1cc(F)ccc1OCCN(C)c1ccc(-c2cnc(C)c(C(OC(C)(C)C)C(=O)O)c2N2CCC(C)(C)CC2)cn1. The smallest absolute Gasteiger partial charge is 0.337 e. The molecule has 8 nitrogen and oxygen atoms in total. The third-order valence-electron chi connectivity index (χ3n) is 7.95. The van der Waals surface area contributed by atoms with Gasteiger partial charge in [0.05, 0.1) is 17.8 Å². The summed E-state index contributed by atoms with van der Waals surface area (Å²) in [7, 11) is 1.94. The van der Waals surface area contributed by atoms with E-state index >= 15 is 0 Å². The normalized spacial score (nSPS) is 15.7. The zero-order valence-corrected chi connectivity index (χ0v) is 26.7. The van der Waals surface area contributed by atoms with Crippen molar-refractivity contribution < 1.29 is 23.8 Å². The lowest BCUT2D eigenvalue weighted by atomic mass is 9.82. The number of piperidine rings is 1. The Morgan fingerprint density at radius 1 is 1.12 bits per heavy atom. The molecule has 1 fully saturated rings. The van der Waals surface area contributed by atoms with Gasteiger partial charge < -0.3 is 24.4 Å². The van der Waals surface area contributed by atoms with E-state index in [1.165, 1.54) is 12.1 Å². The number of anilines is 2. The second-order valence-electron chi connectivity index (χ2n) is 13.2. The first kappa shape index (κ1) is 32.2. The number of hydrogen-bond acceptors (Lipinski definition) is 7. The van der Waals surface area contributed by atoms with Crippen LogP contribution < -0.4 is 14.5 Å². The van der Waals surface area contributed by atoms with Crippen molar-refractivity contribution in [2.24, 2.45) is 5.41 Å². The number of nitrogens with zero attached hydrogens (tertiary/aromatic N) is 4. The number of likely N-dealkylation sites (N-methyl/N-ethyl adjacent to an activating group) is 1. The Morgan fingerprint density at radius 3 is 2.40 bits per heavy atom. The molecule has 1 aromatic carbocycles. The average molecular weight is 593 g/mol. The van der Waals surface area contributed by atoms with Gasteiger partial charge in [-0.1, -0.05) is 13.8 Å². The predicted molar refractivity (Wildman–Crippen MR) is 169 cm³/mol. The molecule has 1 aliphatic heterocycles. The Labute approximate surface area is 254 Å². The lowest BCUT2D eigenvalue weighted by molar-refractivity contribution is -0.160. The number of carboxylic acids is 1. The molecule has 1 saturated heterocycles. The molecule has 1 N–H and O–H groups in total. The van der Waals surface area contributed by atoms with E-state index in [9.17, 15) is 14.3 Å². The molecule has 232 valence electrons. The molecule has 3 aromatic rings. The number of carboxylic acid groups (broad SMARTS) is 1. The Morgan fingerprint density at radius 2 is 1.81 bits per heavy atom. The molecule has 0 bridgehead atoms. The highest BCUT2D eigenvalue weighted by Crippen LogP contribution is 2.43. The number of halogens is 1. The predicted octanol–water partition coefficient (Wildman–Crippen LogP) is 6.98. The minimum absolute atomic E-state index is 0.222. The number of aliphatic carboxylic acids is 1. The molecule has 9 heteroatoms. The zero-order chi connectivity index (χ0) is 31.5. The van der Waals surface area contributed by atoms with Crippen LogP contribution in [0.5, 0.6) is 5.75 Å². The van der Waals surface area contributed by atoms with Crippen molar-refractivity contribution in [3.8, 4) is 16.9 Å². The second-order valence-corrected chi connectivity index (χ2v) is 13.2. The maximum Gasteiger partial charge on any atom is 0.337 e. The van der Waals surface area contributed by atoms with Gasteiger partial charge in [-0.15, -0.1) is 0 Å². The third kappa shape index (κ3) is 8.02. The zero-order valence-electron chi connectivity index (χ0n) is 26.7. The Balaban J connectivity index is 1.64. The van der Waals surface area contributed by atoms with E-state index in [4.69, 9.17) is 14.5 Å². The van der Waals surface area contributed by atoms with Gasteiger partial charge >= 0.3 is 5.97 Å². The van der Waals surface area contributed by atoms with Crippen LogP contribution in [-0.2, 0) is 9.53 Å². The molecule has 43 heavy (non-hydrogen) atoms. The summed E-state index contributed by atoms with van der Waals surface area (Å²) in [5, 5.41) is 10.3. The number of hydrogen-bond donors (Lipinski definition) is 1. The molecule has 0 spiro atoms. The fourth-order valence-electron chi connectivity index (χ4n) is 5.35. The van der Waals surface area contributed by atoms with Crippen LogP contribution in [0.3, 0.4) is 0 Å². The summed E-state index contributed by atoms with van der Waals surface area (Å²) in [6.45, 7) is 16.4. The Hall–Kier alpha value is -3.72. The molecule has 4 rings (SSSR count). The van der Waals surface area contributed by atoms with Crippen molar-refractivity contribution in [2.45, 2.75) is 73.0 Å². The largest absolute Gasteiger partial charge is 0.491 e. The number of aryl methyl sites for hydroxylation is 2. The molecule has 1 atom stereocenters. The van der Waals surface area contributed by atoms with E-state index in [1.807, 2.05) is 71.1 Å². The van der Waals surface area contributed by atoms with Gasteiger partial charge in [-0.2, -0.15) is 0 Å². The monoisotopic (exact) mass is 592 g/mol. The minimum Gasteiger partial charge on any atom is -0.491 e. The van der Waals surface area contributed by atoms with E-state index in [2.05, 4.69) is 23.7 Å². The maximum absolute atomic E-state index is 13.4. The lowest BCUT2D eigenvalue weighted by Crippen LogP contribution is -2.39. The van der Waals surface area contributed by atoms with Crippen LogP contribution in [0.4, 0.5) is 15.9 Å². The summed E-state index contributed by atoms with van der Waals surface area (Å²) in [5.41, 5.74) is 4.08. The van der Waals surface area contributed by atoms with Crippen LogP contribution in [0.25, 0.3) is 11.1 Å². The first-order valence-electron chi connectivity index (χ1n) is 14.9. The first-order chi connectivity index (χ1) is 20.1. The van der Waals surface area contributed by atoms with Gasteiger partial charge in [-0.3, -0.25) is 4.98 Å². The molecule has 0 radical (unpaired) electrons. The van der Waals surface area contributed by atoms with Crippen molar-refractivity contribution in [1.29, 1.82) is 0 Å². The average Bonchev–Trinajstić information content (AvgIpc) is 2.92. The molecule has 3 heterocycles. The Kier molecular flexibility index (Phi) is 9.64. The van der Waals surface area contributed by atoms with Gasteiger partial charge in [0.2, 0.25) is 0 Å². The number of carbonyl (C=O) groups is 1. The molecule has 2 aromatic heterocycles. The van der Waals surface area contributed by atoms with Crippen LogP contribution in [0, 0.1) is 25.1 Å². The molecule has 0 aliphatic carbocycles. The third-order valence-corrected chi connectivity index (χ3v) is 7.95. The van der Waals surface area contributed by atoms with Gasteiger partial charge in [0.15, 0.2) is 6.10 Å². The number of ether oxygens (including phenoxy) is 2. The van der Waals surface area contributed by atoms with Crippen LogP contribution in [0.1, 0.15) is 70.4 Å². The first-order valence-corrected chi connectivity index (χ1v) is 14.9. The summed E-state index contributed by atoms with van der Waals surface area (Å²) >= 11 is 0. The van der Waals surface area contributed by atoms with Crippen molar-refractivity contribution >= 4 is 17.5 Å². The van der Waals surface area contributed by atoms with Crippen molar-refractivity contribution in [1.82, 2.24) is 9.97 Å². The summed E-state index contributed by atoms with van der Waals surface area (Å²) in [6, 6.07) is 8.44. The van der Waals surface area contributed by atoms with Gasteiger partial charge in [-0.05, 0) is 88.8 Å². The highest BCUT2D eigenvalue weighted by molar-refractivity contribution is 5.86. The minimum atomic E-state index is -1.17. The quantitative estimate of drug-likeness (QED) is 0.270. The van der Waals surface area contributed by atoms with Crippen LogP contribution in [-0.4, -0.2) is 59.9 Å². The standard InChI is InChI=1S/C34H45FN4O4/c1-22-19-25(35)10-11-27(22)42-18-17-38(8)28-12-9-24(20-37-28)26-21-36-23(2)29(31(32(40)41)43-33(3,4)5)30(26)39-15-13-34(6,7)14-16-39/h9-12,19-21,31H,13-18H2,1-8H3,(H,40,41). The van der Waals surface area contributed by atoms with E-state index in [0.29, 0.717) is 30.2 Å². The van der Waals surface area contributed by atoms with Gasteiger partial charge in [-0.25, -0.2) is 14.2 Å². The molecule has 0 amide bonds. The fraction of sp³-hybridized carbons (Fsp3) is 0.500. The van der Waals surface area contributed by atoms with E-state index in [1.54, 1.807) is 6.07 Å². The van der Waals surface area contributed by atoms with Gasteiger partial charge in [0.1, 0.15) is 24.0 Å².